The monoisotopic (exact) mass is 300 g/mol. The van der Waals surface area contributed by atoms with Crippen molar-refractivity contribution in [2.75, 3.05) is 18.6 Å². The second-order valence-corrected chi connectivity index (χ2v) is 6.31. The Morgan fingerprint density at radius 2 is 2.24 bits per heavy atom. The van der Waals surface area contributed by atoms with E-state index < -0.39 is 0 Å². The smallest absolute Gasteiger partial charge is 0.213 e. The first-order valence-electron chi connectivity index (χ1n) is 7.24. The van der Waals surface area contributed by atoms with Gasteiger partial charge in [0, 0.05) is 30.6 Å². The lowest BCUT2D eigenvalue weighted by Gasteiger charge is -2.19. The Labute approximate surface area is 130 Å². The van der Waals surface area contributed by atoms with E-state index in [1.54, 1.807) is 13.3 Å². The van der Waals surface area contributed by atoms with Gasteiger partial charge in [-0.05, 0) is 34.9 Å². The molecule has 4 heteroatoms. The largest absolute Gasteiger partial charge is 0.481 e. The summed E-state index contributed by atoms with van der Waals surface area (Å²) in [6, 6.07) is 13.2. The van der Waals surface area contributed by atoms with Crippen LogP contribution in [0.2, 0.25) is 0 Å². The number of methoxy groups -OCH3 is 1. The summed E-state index contributed by atoms with van der Waals surface area (Å²) in [5.74, 6) is 3.00. The van der Waals surface area contributed by atoms with Crippen molar-refractivity contribution in [2.24, 2.45) is 0 Å². The van der Waals surface area contributed by atoms with E-state index in [9.17, 15) is 0 Å². The molecular weight excluding hydrogens is 280 g/mol. The predicted molar refractivity (Wildman–Crippen MR) is 87.8 cm³/mol. The zero-order chi connectivity index (χ0) is 14.5. The van der Waals surface area contributed by atoms with Crippen molar-refractivity contribution in [3.63, 3.8) is 0 Å². The molecule has 0 amide bonds. The molecule has 21 heavy (non-hydrogen) atoms. The van der Waals surface area contributed by atoms with E-state index in [1.807, 2.05) is 23.9 Å². The fourth-order valence-electron chi connectivity index (χ4n) is 2.66. The second-order valence-electron chi connectivity index (χ2n) is 5.16. The van der Waals surface area contributed by atoms with Crippen LogP contribution in [0.25, 0.3) is 0 Å². The van der Waals surface area contributed by atoms with Crippen molar-refractivity contribution in [1.29, 1.82) is 0 Å². The fourth-order valence-corrected chi connectivity index (χ4v) is 3.72. The quantitative estimate of drug-likeness (QED) is 0.940. The molecule has 0 unspecified atom stereocenters. The van der Waals surface area contributed by atoms with Gasteiger partial charge < -0.3 is 10.1 Å². The van der Waals surface area contributed by atoms with E-state index in [1.165, 1.54) is 28.9 Å². The number of pyridine rings is 1. The second kappa shape index (κ2) is 6.96. The average Bonchev–Trinajstić information content (AvgIpc) is 2.75. The van der Waals surface area contributed by atoms with Crippen LogP contribution in [0.5, 0.6) is 5.88 Å². The van der Waals surface area contributed by atoms with Crippen molar-refractivity contribution < 1.29 is 4.74 Å². The molecule has 3 rings (SSSR count). The first-order valence-corrected chi connectivity index (χ1v) is 8.40. The molecule has 110 valence electrons. The number of benzene rings is 1. The number of hydrogen-bond acceptors (Lipinski definition) is 4. The van der Waals surface area contributed by atoms with Gasteiger partial charge in [-0.15, -0.1) is 0 Å². The number of hydrogen-bond donors (Lipinski definition) is 1. The number of nitrogens with zero attached hydrogens (tertiary/aromatic N) is 1. The van der Waals surface area contributed by atoms with E-state index in [4.69, 9.17) is 4.74 Å². The molecule has 2 heterocycles. The van der Waals surface area contributed by atoms with E-state index in [0.717, 1.165) is 12.3 Å². The van der Waals surface area contributed by atoms with Gasteiger partial charge in [0.25, 0.3) is 0 Å². The zero-order valence-electron chi connectivity index (χ0n) is 12.2. The summed E-state index contributed by atoms with van der Waals surface area (Å²) in [6.07, 6.45) is 2.97. The Balaban J connectivity index is 1.72. The SMILES string of the molecule is COc1cc(CN[C@@H]2CSCCc3ccccc32)ccn1. The third kappa shape index (κ3) is 3.57. The molecule has 0 aliphatic carbocycles. The molecule has 1 aromatic carbocycles. The van der Waals surface area contributed by atoms with Gasteiger partial charge in [-0.25, -0.2) is 4.98 Å². The minimum Gasteiger partial charge on any atom is -0.481 e. The molecular formula is C17H20N2OS. The van der Waals surface area contributed by atoms with Crippen LogP contribution >= 0.6 is 11.8 Å². The summed E-state index contributed by atoms with van der Waals surface area (Å²) in [5.41, 5.74) is 4.13. The molecule has 3 nitrogen and oxygen atoms in total. The maximum absolute atomic E-state index is 5.18. The molecule has 0 saturated heterocycles. The molecule has 1 aromatic heterocycles. The highest BCUT2D eigenvalue weighted by Gasteiger charge is 2.17. The number of nitrogens with one attached hydrogen (secondary N) is 1. The van der Waals surface area contributed by atoms with Crippen molar-refractivity contribution in [2.45, 2.75) is 19.0 Å². The van der Waals surface area contributed by atoms with Crippen molar-refractivity contribution in [3.8, 4) is 5.88 Å². The van der Waals surface area contributed by atoms with E-state index >= 15 is 0 Å². The van der Waals surface area contributed by atoms with E-state index in [0.29, 0.717) is 11.9 Å². The Bertz CT molecular complexity index is 603. The number of rotatable bonds is 4. The topological polar surface area (TPSA) is 34.1 Å². The summed E-state index contributed by atoms with van der Waals surface area (Å²) in [7, 11) is 1.65. The minimum absolute atomic E-state index is 0.410. The van der Waals surface area contributed by atoms with Crippen molar-refractivity contribution in [1.82, 2.24) is 10.3 Å². The maximum Gasteiger partial charge on any atom is 0.213 e. The van der Waals surface area contributed by atoms with Gasteiger partial charge in [0.05, 0.1) is 7.11 Å². The van der Waals surface area contributed by atoms with E-state index in [-0.39, 0.29) is 0 Å². The van der Waals surface area contributed by atoms with Crippen LogP contribution in [0.3, 0.4) is 0 Å². The number of aryl methyl sites for hydroxylation is 1. The van der Waals surface area contributed by atoms with Gasteiger partial charge in [0.1, 0.15) is 0 Å². The predicted octanol–water partition coefficient (Wildman–Crippen LogP) is 3.21. The van der Waals surface area contributed by atoms with Crippen LogP contribution in [-0.4, -0.2) is 23.6 Å². The molecule has 0 bridgehead atoms. The summed E-state index contributed by atoms with van der Waals surface area (Å²) in [5, 5.41) is 3.68. The van der Waals surface area contributed by atoms with Gasteiger partial charge in [0.2, 0.25) is 5.88 Å². The first kappa shape index (κ1) is 14.4. The molecule has 0 fully saturated rings. The minimum atomic E-state index is 0.410. The van der Waals surface area contributed by atoms with Crippen molar-refractivity contribution in [3.05, 3.63) is 59.3 Å². The highest BCUT2D eigenvalue weighted by Crippen LogP contribution is 2.27. The van der Waals surface area contributed by atoms with Gasteiger partial charge in [-0.3, -0.25) is 0 Å². The van der Waals surface area contributed by atoms with Gasteiger partial charge in [-0.1, -0.05) is 24.3 Å². The number of fused-ring (bicyclic) bond motifs is 1. The van der Waals surface area contributed by atoms with Crippen molar-refractivity contribution >= 4 is 11.8 Å². The van der Waals surface area contributed by atoms with Gasteiger partial charge >= 0.3 is 0 Å². The lowest BCUT2D eigenvalue weighted by atomic mass is 9.99. The third-order valence-electron chi connectivity index (χ3n) is 3.79. The fraction of sp³-hybridized carbons (Fsp3) is 0.353. The molecule has 1 atom stereocenters. The van der Waals surface area contributed by atoms with Crippen LogP contribution in [0, 0.1) is 0 Å². The van der Waals surface area contributed by atoms with Crippen LogP contribution in [-0.2, 0) is 13.0 Å². The lowest BCUT2D eigenvalue weighted by Crippen LogP contribution is -2.23. The summed E-state index contributed by atoms with van der Waals surface area (Å²) >= 11 is 2.02. The Morgan fingerprint density at radius 3 is 3.14 bits per heavy atom. The molecule has 1 aliphatic rings. The lowest BCUT2D eigenvalue weighted by molar-refractivity contribution is 0.397. The average molecular weight is 300 g/mol. The first-order chi connectivity index (χ1) is 10.4. The van der Waals surface area contributed by atoms with Crippen LogP contribution in [0.15, 0.2) is 42.6 Å². The third-order valence-corrected chi connectivity index (χ3v) is 4.85. The zero-order valence-corrected chi connectivity index (χ0v) is 13.0. The molecule has 0 radical (unpaired) electrons. The Hall–Kier alpha value is -1.52. The normalized spacial score (nSPS) is 17.9. The van der Waals surface area contributed by atoms with Crippen LogP contribution < -0.4 is 10.1 Å². The molecule has 1 N–H and O–H groups in total. The highest BCUT2D eigenvalue weighted by atomic mass is 32.2. The molecule has 2 aromatic rings. The van der Waals surface area contributed by atoms with Gasteiger partial charge in [0.15, 0.2) is 0 Å². The molecule has 0 spiro atoms. The Morgan fingerprint density at radius 1 is 1.33 bits per heavy atom. The highest BCUT2D eigenvalue weighted by molar-refractivity contribution is 7.99. The summed E-state index contributed by atoms with van der Waals surface area (Å²) in [4.78, 5) is 4.15. The molecule has 1 aliphatic heterocycles. The van der Waals surface area contributed by atoms with Crippen LogP contribution in [0.1, 0.15) is 22.7 Å². The standard InChI is InChI=1S/C17H20N2OS/c1-20-17-10-13(6-8-18-17)11-19-16-12-21-9-7-14-4-2-3-5-15(14)16/h2-6,8,10,16,19H,7,9,11-12H2,1H3/t16-/m1/s1. The number of thioether (sulfide) groups is 1. The number of ether oxygens (including phenoxy) is 1. The van der Waals surface area contributed by atoms with Crippen LogP contribution in [0.4, 0.5) is 0 Å². The maximum atomic E-state index is 5.18. The Kier molecular flexibility index (Phi) is 4.78. The van der Waals surface area contributed by atoms with E-state index in [2.05, 4.69) is 34.6 Å². The number of aromatic nitrogens is 1. The summed E-state index contributed by atoms with van der Waals surface area (Å²) in [6.45, 7) is 0.832. The van der Waals surface area contributed by atoms with Gasteiger partial charge in [-0.2, -0.15) is 11.8 Å². The summed E-state index contributed by atoms with van der Waals surface area (Å²) < 4.78 is 5.18. The molecule has 0 saturated carbocycles.